The molecule has 4 rings (SSSR count). The van der Waals surface area contributed by atoms with E-state index in [9.17, 15) is 4.39 Å². The van der Waals surface area contributed by atoms with Gasteiger partial charge in [0.15, 0.2) is 0 Å². The first-order valence-corrected chi connectivity index (χ1v) is 9.63. The van der Waals surface area contributed by atoms with Crippen molar-refractivity contribution in [2.45, 2.75) is 57.8 Å². The van der Waals surface area contributed by atoms with Crippen LogP contribution in [0.15, 0.2) is 42.5 Å². The molecule has 2 aliphatic rings. The van der Waals surface area contributed by atoms with Crippen molar-refractivity contribution in [1.82, 2.24) is 0 Å². The standard InChI is InChI=1S/C23H27F/c1-2-3-16-4-12-22-19(14-16)5-6-20-15-18(9-13-23(20)22)17-7-10-21(24)11-8-17/h7-11,13,15-16,19,22H,2-6,12,14H2,1H3/t16-,19-,22+/m1/s1. The highest BCUT2D eigenvalue weighted by Gasteiger charge is 2.34. The van der Waals surface area contributed by atoms with E-state index in [1.54, 1.807) is 17.7 Å². The number of benzene rings is 2. The molecule has 1 saturated carbocycles. The molecule has 0 N–H and O–H groups in total. The largest absolute Gasteiger partial charge is 0.207 e. The number of halogens is 1. The fraction of sp³-hybridized carbons (Fsp3) is 0.478. The summed E-state index contributed by atoms with van der Waals surface area (Å²) in [6.45, 7) is 2.32. The zero-order valence-electron chi connectivity index (χ0n) is 14.6. The SMILES string of the molecule is CCC[C@@H]1CC[C@@H]2c3ccc(-c4ccc(F)cc4)cc3CC[C@@H]2C1. The minimum atomic E-state index is -0.164. The lowest BCUT2D eigenvalue weighted by atomic mass is 9.64. The highest BCUT2D eigenvalue weighted by molar-refractivity contribution is 5.65. The van der Waals surface area contributed by atoms with E-state index in [0.717, 1.165) is 23.3 Å². The van der Waals surface area contributed by atoms with Crippen LogP contribution in [-0.2, 0) is 6.42 Å². The number of hydrogen-bond acceptors (Lipinski definition) is 0. The zero-order valence-corrected chi connectivity index (χ0v) is 14.6. The van der Waals surface area contributed by atoms with E-state index in [-0.39, 0.29) is 5.82 Å². The van der Waals surface area contributed by atoms with Crippen molar-refractivity contribution < 1.29 is 4.39 Å². The monoisotopic (exact) mass is 322 g/mol. The molecule has 0 aliphatic heterocycles. The van der Waals surface area contributed by atoms with E-state index in [4.69, 9.17) is 0 Å². The molecular weight excluding hydrogens is 295 g/mol. The van der Waals surface area contributed by atoms with Crippen molar-refractivity contribution in [3.05, 3.63) is 59.4 Å². The Labute approximate surface area is 145 Å². The molecule has 0 heterocycles. The molecule has 126 valence electrons. The predicted octanol–water partition coefficient (Wildman–Crippen LogP) is 6.74. The smallest absolute Gasteiger partial charge is 0.123 e. The Hall–Kier alpha value is -1.63. The van der Waals surface area contributed by atoms with Crippen molar-refractivity contribution in [1.29, 1.82) is 0 Å². The molecule has 3 atom stereocenters. The third-order valence-corrected chi connectivity index (χ3v) is 6.29. The quantitative estimate of drug-likeness (QED) is 0.587. The normalized spacial score (nSPS) is 25.8. The van der Waals surface area contributed by atoms with Crippen molar-refractivity contribution in [2.75, 3.05) is 0 Å². The van der Waals surface area contributed by atoms with Gasteiger partial charge < -0.3 is 0 Å². The fourth-order valence-corrected chi connectivity index (χ4v) is 5.11. The molecule has 2 aromatic carbocycles. The number of rotatable bonds is 3. The maximum Gasteiger partial charge on any atom is 0.123 e. The molecule has 0 nitrogen and oxygen atoms in total. The third kappa shape index (κ3) is 3.01. The summed E-state index contributed by atoms with van der Waals surface area (Å²) >= 11 is 0. The second-order valence-corrected chi connectivity index (χ2v) is 7.79. The van der Waals surface area contributed by atoms with Gasteiger partial charge in [-0.25, -0.2) is 4.39 Å². The Bertz CT molecular complexity index is 700. The summed E-state index contributed by atoms with van der Waals surface area (Å²) < 4.78 is 13.1. The fourth-order valence-electron chi connectivity index (χ4n) is 5.11. The predicted molar refractivity (Wildman–Crippen MR) is 98.6 cm³/mol. The van der Waals surface area contributed by atoms with Crippen LogP contribution in [0.5, 0.6) is 0 Å². The first-order chi connectivity index (χ1) is 11.7. The Morgan fingerprint density at radius 2 is 1.75 bits per heavy atom. The Kier molecular flexibility index (Phi) is 4.43. The number of hydrogen-bond donors (Lipinski definition) is 0. The van der Waals surface area contributed by atoms with Gasteiger partial charge in [0, 0.05) is 0 Å². The van der Waals surface area contributed by atoms with Gasteiger partial charge in [0.1, 0.15) is 5.82 Å². The summed E-state index contributed by atoms with van der Waals surface area (Å²) in [5.74, 6) is 2.49. The summed E-state index contributed by atoms with van der Waals surface area (Å²) in [7, 11) is 0. The van der Waals surface area contributed by atoms with Crippen molar-refractivity contribution in [3.8, 4) is 11.1 Å². The van der Waals surface area contributed by atoms with Gasteiger partial charge >= 0.3 is 0 Å². The lowest BCUT2D eigenvalue weighted by Crippen LogP contribution is -2.28. The molecule has 1 heteroatoms. The van der Waals surface area contributed by atoms with Crippen LogP contribution in [0, 0.1) is 17.7 Å². The maximum atomic E-state index is 13.1. The summed E-state index contributed by atoms with van der Waals surface area (Å²) in [5.41, 5.74) is 5.49. The number of aryl methyl sites for hydroxylation is 1. The van der Waals surface area contributed by atoms with Crippen LogP contribution in [-0.4, -0.2) is 0 Å². The van der Waals surface area contributed by atoms with Gasteiger partial charge in [-0.15, -0.1) is 0 Å². The lowest BCUT2D eigenvalue weighted by Gasteiger charge is -2.40. The average Bonchev–Trinajstić information content (AvgIpc) is 2.62. The molecule has 0 spiro atoms. The first kappa shape index (κ1) is 15.9. The summed E-state index contributed by atoms with van der Waals surface area (Å²) in [6.07, 6.45) is 9.54. The molecule has 2 aliphatic carbocycles. The van der Waals surface area contributed by atoms with Crippen LogP contribution in [0.25, 0.3) is 11.1 Å². The van der Waals surface area contributed by atoms with Gasteiger partial charge in [0.05, 0.1) is 0 Å². The van der Waals surface area contributed by atoms with Gasteiger partial charge in [0.25, 0.3) is 0 Å². The van der Waals surface area contributed by atoms with Crippen LogP contribution in [0.3, 0.4) is 0 Å². The summed E-state index contributed by atoms with van der Waals surface area (Å²) in [6, 6.07) is 13.9. The van der Waals surface area contributed by atoms with Crippen LogP contribution >= 0.6 is 0 Å². The molecule has 0 bridgehead atoms. The number of fused-ring (bicyclic) bond motifs is 3. The Balaban J connectivity index is 1.58. The van der Waals surface area contributed by atoms with Crippen LogP contribution in [0.2, 0.25) is 0 Å². The molecule has 0 radical (unpaired) electrons. The summed E-state index contributed by atoms with van der Waals surface area (Å²) in [5, 5.41) is 0. The van der Waals surface area contributed by atoms with Crippen molar-refractivity contribution in [2.24, 2.45) is 11.8 Å². The van der Waals surface area contributed by atoms with Gasteiger partial charge in [-0.3, -0.25) is 0 Å². The van der Waals surface area contributed by atoms with Gasteiger partial charge in [-0.1, -0.05) is 50.1 Å². The molecule has 0 unspecified atom stereocenters. The lowest BCUT2D eigenvalue weighted by molar-refractivity contribution is 0.201. The Morgan fingerprint density at radius 3 is 2.54 bits per heavy atom. The second kappa shape index (κ2) is 6.70. The Morgan fingerprint density at radius 1 is 0.958 bits per heavy atom. The minimum absolute atomic E-state index is 0.164. The highest BCUT2D eigenvalue weighted by atomic mass is 19.1. The average molecular weight is 322 g/mol. The topological polar surface area (TPSA) is 0 Å². The van der Waals surface area contributed by atoms with E-state index in [2.05, 4.69) is 25.1 Å². The third-order valence-electron chi connectivity index (χ3n) is 6.29. The van der Waals surface area contributed by atoms with Gasteiger partial charge in [0.2, 0.25) is 0 Å². The molecule has 0 amide bonds. The highest BCUT2D eigenvalue weighted by Crippen LogP contribution is 2.48. The van der Waals surface area contributed by atoms with Crippen molar-refractivity contribution in [3.63, 3.8) is 0 Å². The van der Waals surface area contributed by atoms with E-state index in [1.807, 2.05) is 12.1 Å². The summed E-state index contributed by atoms with van der Waals surface area (Å²) in [4.78, 5) is 0. The van der Waals surface area contributed by atoms with Crippen LogP contribution < -0.4 is 0 Å². The van der Waals surface area contributed by atoms with E-state index in [1.165, 1.54) is 56.1 Å². The zero-order chi connectivity index (χ0) is 16.5. The van der Waals surface area contributed by atoms with E-state index in [0.29, 0.717) is 0 Å². The molecule has 2 aromatic rings. The second-order valence-electron chi connectivity index (χ2n) is 7.79. The van der Waals surface area contributed by atoms with Crippen LogP contribution in [0.1, 0.15) is 62.5 Å². The van der Waals surface area contributed by atoms with Gasteiger partial charge in [-0.2, -0.15) is 0 Å². The van der Waals surface area contributed by atoms with Crippen LogP contribution in [0.4, 0.5) is 4.39 Å². The first-order valence-electron chi connectivity index (χ1n) is 9.63. The van der Waals surface area contributed by atoms with Gasteiger partial charge in [-0.05, 0) is 84.2 Å². The molecule has 0 aromatic heterocycles. The maximum absolute atomic E-state index is 13.1. The van der Waals surface area contributed by atoms with E-state index < -0.39 is 0 Å². The molecular formula is C23H27F. The van der Waals surface area contributed by atoms with E-state index >= 15 is 0 Å². The van der Waals surface area contributed by atoms with Crippen molar-refractivity contribution >= 4 is 0 Å². The molecule has 1 fully saturated rings. The minimum Gasteiger partial charge on any atom is -0.207 e. The molecule has 24 heavy (non-hydrogen) atoms. The molecule has 0 saturated heterocycles.